The minimum Gasteiger partial charge on any atom is -0.394 e. The molecule has 3 nitrogen and oxygen atoms in total. The number of anilines is 1. The Morgan fingerprint density at radius 2 is 1.94 bits per heavy atom. The number of nitrogens with one attached hydrogen (secondary N) is 1. The molecule has 0 aliphatic carbocycles. The number of hydrogen-bond acceptors (Lipinski definition) is 3. The van der Waals surface area contributed by atoms with Gasteiger partial charge in [0.2, 0.25) is 0 Å². The zero-order chi connectivity index (χ0) is 12.0. The monoisotopic (exact) mass is 223 g/mol. The van der Waals surface area contributed by atoms with Gasteiger partial charge in [0.05, 0.1) is 18.8 Å². The van der Waals surface area contributed by atoms with Crippen molar-refractivity contribution in [1.29, 1.82) is 0 Å². The largest absolute Gasteiger partial charge is 0.394 e. The van der Waals surface area contributed by atoms with Crippen LogP contribution in [0.25, 0.3) is 0 Å². The van der Waals surface area contributed by atoms with Gasteiger partial charge in [-0.1, -0.05) is 17.7 Å². The lowest BCUT2D eigenvalue weighted by Gasteiger charge is -2.29. The lowest BCUT2D eigenvalue weighted by Crippen LogP contribution is -2.43. The first kappa shape index (κ1) is 13.0. The molecule has 90 valence electrons. The lowest BCUT2D eigenvalue weighted by atomic mass is 10.0. The van der Waals surface area contributed by atoms with Crippen molar-refractivity contribution >= 4 is 5.69 Å². The van der Waals surface area contributed by atoms with E-state index in [-0.39, 0.29) is 6.61 Å². The van der Waals surface area contributed by atoms with Crippen LogP contribution < -0.4 is 5.32 Å². The quantitative estimate of drug-likeness (QED) is 0.776. The molecule has 3 heteroatoms. The molecule has 1 aromatic carbocycles. The summed E-state index contributed by atoms with van der Waals surface area (Å²) in [5.74, 6) is 0. The molecule has 0 radical (unpaired) electrons. The molecule has 16 heavy (non-hydrogen) atoms. The van der Waals surface area contributed by atoms with Gasteiger partial charge in [-0.2, -0.15) is 0 Å². The molecule has 0 fully saturated rings. The van der Waals surface area contributed by atoms with Gasteiger partial charge in [0.1, 0.15) is 0 Å². The van der Waals surface area contributed by atoms with Gasteiger partial charge in [0, 0.05) is 12.3 Å². The van der Waals surface area contributed by atoms with E-state index in [0.717, 1.165) is 5.69 Å². The summed E-state index contributed by atoms with van der Waals surface area (Å²) in [7, 11) is 0. The fraction of sp³-hybridized carbons (Fsp3) is 0.538. The summed E-state index contributed by atoms with van der Waals surface area (Å²) in [5.41, 5.74) is 1.80. The van der Waals surface area contributed by atoms with E-state index in [4.69, 9.17) is 4.74 Å². The summed E-state index contributed by atoms with van der Waals surface area (Å²) in [6, 6.07) is 8.10. The predicted molar refractivity (Wildman–Crippen MR) is 66.8 cm³/mol. The van der Waals surface area contributed by atoms with Crippen molar-refractivity contribution in [3.8, 4) is 0 Å². The van der Waals surface area contributed by atoms with Crippen molar-refractivity contribution in [1.82, 2.24) is 0 Å². The highest BCUT2D eigenvalue weighted by Crippen LogP contribution is 2.16. The van der Waals surface area contributed by atoms with Gasteiger partial charge in [0.25, 0.3) is 0 Å². The molecule has 2 N–H and O–H groups in total. The molecule has 1 unspecified atom stereocenters. The Hall–Kier alpha value is -1.06. The average Bonchev–Trinajstić information content (AvgIpc) is 2.30. The minimum atomic E-state index is -0.425. The maximum absolute atomic E-state index is 9.39. The fourth-order valence-electron chi connectivity index (χ4n) is 1.43. The Labute approximate surface area is 97.4 Å². The minimum absolute atomic E-state index is 0.0425. The summed E-state index contributed by atoms with van der Waals surface area (Å²) in [5, 5.41) is 12.7. The van der Waals surface area contributed by atoms with Crippen molar-refractivity contribution in [3.63, 3.8) is 0 Å². The van der Waals surface area contributed by atoms with E-state index >= 15 is 0 Å². The van der Waals surface area contributed by atoms with Gasteiger partial charge in [-0.05, 0) is 32.9 Å². The van der Waals surface area contributed by atoms with Gasteiger partial charge < -0.3 is 15.2 Å². The lowest BCUT2D eigenvalue weighted by molar-refractivity contribution is 0.0797. The summed E-state index contributed by atoms with van der Waals surface area (Å²) in [4.78, 5) is 0. The molecule has 1 aromatic rings. The van der Waals surface area contributed by atoms with Gasteiger partial charge >= 0.3 is 0 Å². The van der Waals surface area contributed by atoms with Crippen LogP contribution in [0.15, 0.2) is 24.3 Å². The third kappa shape index (κ3) is 3.83. The molecule has 0 aliphatic heterocycles. The summed E-state index contributed by atoms with van der Waals surface area (Å²) in [6.07, 6.45) is 0. The topological polar surface area (TPSA) is 41.5 Å². The van der Waals surface area contributed by atoms with E-state index in [1.54, 1.807) is 0 Å². The number of benzene rings is 1. The molecule has 1 rings (SSSR count). The van der Waals surface area contributed by atoms with Crippen LogP contribution in [0.2, 0.25) is 0 Å². The Balaban J connectivity index is 2.64. The van der Waals surface area contributed by atoms with E-state index in [1.807, 2.05) is 38.1 Å². The SMILES string of the molecule is CCOCC(C)(CO)Nc1ccc(C)cc1. The molecule has 0 heterocycles. The Kier molecular flexibility index (Phi) is 4.77. The fourth-order valence-corrected chi connectivity index (χ4v) is 1.43. The molecule has 0 saturated heterocycles. The van der Waals surface area contributed by atoms with Crippen LogP contribution in [0.5, 0.6) is 0 Å². The summed E-state index contributed by atoms with van der Waals surface area (Å²) >= 11 is 0. The predicted octanol–water partition coefficient (Wildman–Crippen LogP) is 2.19. The number of aliphatic hydroxyl groups is 1. The smallest absolute Gasteiger partial charge is 0.0809 e. The van der Waals surface area contributed by atoms with Crippen LogP contribution in [0, 0.1) is 6.92 Å². The van der Waals surface area contributed by atoms with E-state index in [2.05, 4.69) is 12.2 Å². The van der Waals surface area contributed by atoms with Gasteiger partial charge in [-0.3, -0.25) is 0 Å². The van der Waals surface area contributed by atoms with Crippen molar-refractivity contribution in [2.75, 3.05) is 25.1 Å². The zero-order valence-electron chi connectivity index (χ0n) is 10.3. The Morgan fingerprint density at radius 3 is 2.44 bits per heavy atom. The molecular formula is C13H21NO2. The molecule has 1 atom stereocenters. The van der Waals surface area contributed by atoms with Crippen molar-refractivity contribution in [2.45, 2.75) is 26.3 Å². The maximum atomic E-state index is 9.39. The van der Waals surface area contributed by atoms with Crippen LogP contribution in [0.4, 0.5) is 5.69 Å². The number of aliphatic hydroxyl groups excluding tert-OH is 1. The third-order valence-electron chi connectivity index (χ3n) is 2.47. The van der Waals surface area contributed by atoms with Crippen molar-refractivity contribution in [2.24, 2.45) is 0 Å². The standard InChI is InChI=1S/C13H21NO2/c1-4-16-10-13(3,9-15)14-12-7-5-11(2)6-8-12/h5-8,14-15H,4,9-10H2,1-3H3. The summed E-state index contributed by atoms with van der Waals surface area (Å²) < 4.78 is 5.36. The van der Waals surface area contributed by atoms with Crippen molar-refractivity contribution in [3.05, 3.63) is 29.8 Å². The number of rotatable bonds is 6. The number of hydrogen-bond donors (Lipinski definition) is 2. The first-order valence-corrected chi connectivity index (χ1v) is 5.63. The van der Waals surface area contributed by atoms with Crippen LogP contribution in [0.1, 0.15) is 19.4 Å². The molecule has 0 aliphatic rings. The zero-order valence-corrected chi connectivity index (χ0v) is 10.3. The van der Waals surface area contributed by atoms with E-state index in [0.29, 0.717) is 13.2 Å². The molecule has 0 spiro atoms. The van der Waals surface area contributed by atoms with E-state index in [9.17, 15) is 5.11 Å². The Morgan fingerprint density at radius 1 is 1.31 bits per heavy atom. The summed E-state index contributed by atoms with van der Waals surface area (Å²) in [6.45, 7) is 7.14. The average molecular weight is 223 g/mol. The molecule has 0 saturated carbocycles. The maximum Gasteiger partial charge on any atom is 0.0809 e. The van der Waals surface area contributed by atoms with Crippen LogP contribution in [0.3, 0.4) is 0 Å². The van der Waals surface area contributed by atoms with Gasteiger partial charge in [0.15, 0.2) is 0 Å². The second kappa shape index (κ2) is 5.87. The van der Waals surface area contributed by atoms with Gasteiger partial charge in [-0.15, -0.1) is 0 Å². The van der Waals surface area contributed by atoms with Crippen LogP contribution in [-0.4, -0.2) is 30.5 Å². The highest BCUT2D eigenvalue weighted by Gasteiger charge is 2.23. The first-order chi connectivity index (χ1) is 7.59. The highest BCUT2D eigenvalue weighted by atomic mass is 16.5. The van der Waals surface area contributed by atoms with E-state index in [1.165, 1.54) is 5.56 Å². The van der Waals surface area contributed by atoms with Crippen molar-refractivity contribution < 1.29 is 9.84 Å². The molecule has 0 aromatic heterocycles. The first-order valence-electron chi connectivity index (χ1n) is 5.63. The van der Waals surface area contributed by atoms with Crippen LogP contribution in [-0.2, 0) is 4.74 Å². The molecule has 0 bridgehead atoms. The Bertz CT molecular complexity index is 310. The third-order valence-corrected chi connectivity index (χ3v) is 2.47. The van der Waals surface area contributed by atoms with Crippen LogP contribution >= 0.6 is 0 Å². The highest BCUT2D eigenvalue weighted by molar-refractivity contribution is 5.46. The second-order valence-corrected chi connectivity index (χ2v) is 4.35. The van der Waals surface area contributed by atoms with E-state index < -0.39 is 5.54 Å². The second-order valence-electron chi connectivity index (χ2n) is 4.35. The normalized spacial score (nSPS) is 14.5. The molecular weight excluding hydrogens is 202 g/mol. The number of ether oxygens (including phenoxy) is 1. The van der Waals surface area contributed by atoms with Gasteiger partial charge in [-0.25, -0.2) is 0 Å². The molecule has 0 amide bonds. The number of aryl methyl sites for hydroxylation is 1.